The van der Waals surface area contributed by atoms with E-state index in [9.17, 15) is 17.6 Å². The summed E-state index contributed by atoms with van der Waals surface area (Å²) >= 11 is 0. The van der Waals surface area contributed by atoms with Gasteiger partial charge in [0.15, 0.2) is 0 Å². The fraction of sp³-hybridized carbons (Fsp3) is 0.308. The van der Waals surface area contributed by atoms with Gasteiger partial charge in [-0.25, -0.2) is 17.6 Å². The third kappa shape index (κ3) is 4.62. The first kappa shape index (κ1) is 17.3. The highest BCUT2D eigenvalue weighted by Crippen LogP contribution is 2.20. The van der Waals surface area contributed by atoms with E-state index >= 15 is 0 Å². The van der Waals surface area contributed by atoms with Crippen LogP contribution in [0.3, 0.4) is 0 Å². The Morgan fingerprint density at radius 1 is 1.48 bits per heavy atom. The smallest absolute Gasteiger partial charge is 0.328 e. The molecule has 1 aromatic carbocycles. The molecule has 0 fully saturated rings. The first-order chi connectivity index (χ1) is 9.78. The largest absolute Gasteiger partial charge is 0.478 e. The van der Waals surface area contributed by atoms with Crippen LogP contribution >= 0.6 is 0 Å². The van der Waals surface area contributed by atoms with Crippen molar-refractivity contribution in [3.05, 3.63) is 35.7 Å². The third-order valence-electron chi connectivity index (χ3n) is 2.67. The maximum atomic E-state index is 13.9. The Balaban J connectivity index is 3.06. The minimum atomic E-state index is -3.95. The van der Waals surface area contributed by atoms with Crippen molar-refractivity contribution in [2.24, 2.45) is 0 Å². The second kappa shape index (κ2) is 7.30. The highest BCUT2D eigenvalue weighted by Gasteiger charge is 2.24. The van der Waals surface area contributed by atoms with E-state index in [1.54, 1.807) is 0 Å². The minimum Gasteiger partial charge on any atom is -0.478 e. The molecule has 0 bridgehead atoms. The number of hydrogen-bond acceptors (Lipinski definition) is 4. The number of carboxylic acid groups (broad SMARTS) is 1. The molecule has 0 spiro atoms. The van der Waals surface area contributed by atoms with Crippen molar-refractivity contribution in [1.82, 2.24) is 4.31 Å². The Bertz CT molecular complexity index is 642. The summed E-state index contributed by atoms with van der Waals surface area (Å²) in [5.41, 5.74) is 0.258. The van der Waals surface area contributed by atoms with Gasteiger partial charge < -0.3 is 9.84 Å². The molecule has 6 nitrogen and oxygen atoms in total. The topological polar surface area (TPSA) is 83.9 Å². The molecule has 0 heterocycles. The Labute approximate surface area is 122 Å². The third-order valence-corrected chi connectivity index (χ3v) is 4.56. The van der Waals surface area contributed by atoms with E-state index in [-0.39, 0.29) is 18.7 Å². The number of nitrogens with zero attached hydrogens (tertiary/aromatic N) is 1. The van der Waals surface area contributed by atoms with Crippen LogP contribution in [0.4, 0.5) is 4.39 Å². The van der Waals surface area contributed by atoms with Crippen molar-refractivity contribution in [3.63, 3.8) is 0 Å². The molecule has 8 heteroatoms. The van der Waals surface area contributed by atoms with Gasteiger partial charge in [-0.1, -0.05) is 6.07 Å². The van der Waals surface area contributed by atoms with Gasteiger partial charge in [0.05, 0.1) is 6.61 Å². The number of carbonyl (C=O) groups is 1. The van der Waals surface area contributed by atoms with Crippen molar-refractivity contribution in [2.75, 3.05) is 27.3 Å². The second-order valence-corrected chi connectivity index (χ2v) is 6.19. The van der Waals surface area contributed by atoms with Crippen LogP contribution in [0.1, 0.15) is 5.56 Å². The van der Waals surface area contributed by atoms with E-state index < -0.39 is 26.7 Å². The zero-order valence-electron chi connectivity index (χ0n) is 11.6. The Hall–Kier alpha value is -1.77. The summed E-state index contributed by atoms with van der Waals surface area (Å²) in [7, 11) is -1.19. The van der Waals surface area contributed by atoms with Gasteiger partial charge >= 0.3 is 5.97 Å². The summed E-state index contributed by atoms with van der Waals surface area (Å²) in [5.74, 6) is -2.11. The lowest BCUT2D eigenvalue weighted by Gasteiger charge is -2.17. The molecule has 0 atom stereocenters. The van der Waals surface area contributed by atoms with Crippen molar-refractivity contribution in [2.45, 2.75) is 4.90 Å². The standard InChI is InChI=1S/C13H16FNO5S/c1-15(7-8-20-2)21(18,19)12-5-3-10(9-11(12)14)4-6-13(16)17/h3-6,9H,7-8H2,1-2H3,(H,16,17)/b6-4+. The van der Waals surface area contributed by atoms with Gasteiger partial charge in [-0.05, 0) is 23.8 Å². The van der Waals surface area contributed by atoms with Crippen LogP contribution in [-0.2, 0) is 19.6 Å². The molecule has 0 aromatic heterocycles. The molecule has 21 heavy (non-hydrogen) atoms. The molecule has 1 N–H and O–H groups in total. The SMILES string of the molecule is COCCN(C)S(=O)(=O)c1ccc(/C=C/C(=O)O)cc1F. The zero-order valence-corrected chi connectivity index (χ0v) is 12.4. The lowest BCUT2D eigenvalue weighted by Crippen LogP contribution is -2.30. The highest BCUT2D eigenvalue weighted by atomic mass is 32.2. The maximum absolute atomic E-state index is 13.9. The zero-order chi connectivity index (χ0) is 16.0. The number of methoxy groups -OCH3 is 1. The number of aliphatic carboxylic acids is 1. The van der Waals surface area contributed by atoms with Crippen molar-refractivity contribution >= 4 is 22.1 Å². The van der Waals surface area contributed by atoms with E-state index in [2.05, 4.69) is 0 Å². The molecule has 1 aromatic rings. The number of hydrogen-bond donors (Lipinski definition) is 1. The van der Waals surface area contributed by atoms with Gasteiger partial charge in [-0.15, -0.1) is 0 Å². The van der Waals surface area contributed by atoms with Crippen molar-refractivity contribution < 1.29 is 27.4 Å². The predicted octanol–water partition coefficient (Wildman–Crippen LogP) is 1.19. The van der Waals surface area contributed by atoms with E-state index in [4.69, 9.17) is 9.84 Å². The molecular formula is C13H16FNO5S. The van der Waals surface area contributed by atoms with E-state index in [1.807, 2.05) is 0 Å². The molecule has 0 saturated carbocycles. The first-order valence-corrected chi connectivity index (χ1v) is 7.39. The fourth-order valence-corrected chi connectivity index (χ4v) is 2.70. The number of sulfonamides is 1. The minimum absolute atomic E-state index is 0.0962. The van der Waals surface area contributed by atoms with Gasteiger partial charge in [0.1, 0.15) is 10.7 Å². The Morgan fingerprint density at radius 2 is 2.14 bits per heavy atom. The summed E-state index contributed by atoms with van der Waals surface area (Å²) < 4.78 is 44.0. The molecule has 0 aliphatic rings. The van der Waals surface area contributed by atoms with Gasteiger partial charge in [0.2, 0.25) is 10.0 Å². The van der Waals surface area contributed by atoms with Crippen LogP contribution < -0.4 is 0 Å². The molecular weight excluding hydrogens is 301 g/mol. The number of halogens is 1. The summed E-state index contributed by atoms with van der Waals surface area (Å²) in [4.78, 5) is 9.91. The average Bonchev–Trinajstić information content (AvgIpc) is 2.42. The lowest BCUT2D eigenvalue weighted by molar-refractivity contribution is -0.131. The summed E-state index contributed by atoms with van der Waals surface area (Å²) in [6.07, 6.45) is 2.02. The molecule has 1 rings (SSSR count). The number of carboxylic acids is 1. The Kier molecular flexibility index (Phi) is 6.01. The second-order valence-electron chi connectivity index (χ2n) is 4.18. The highest BCUT2D eigenvalue weighted by molar-refractivity contribution is 7.89. The van der Waals surface area contributed by atoms with E-state index in [0.29, 0.717) is 0 Å². The fourth-order valence-electron chi connectivity index (χ4n) is 1.51. The van der Waals surface area contributed by atoms with Gasteiger partial charge in [-0.3, -0.25) is 0 Å². The average molecular weight is 317 g/mol. The molecule has 0 radical (unpaired) electrons. The lowest BCUT2D eigenvalue weighted by atomic mass is 10.2. The normalized spacial score (nSPS) is 12.2. The van der Waals surface area contributed by atoms with E-state index in [1.165, 1.54) is 26.3 Å². The molecule has 0 unspecified atom stereocenters. The molecule has 0 amide bonds. The summed E-state index contributed by atoms with van der Waals surface area (Å²) in [6, 6.07) is 3.41. The van der Waals surface area contributed by atoms with Crippen molar-refractivity contribution in [3.8, 4) is 0 Å². The van der Waals surface area contributed by atoms with Gasteiger partial charge in [0.25, 0.3) is 0 Å². The monoisotopic (exact) mass is 317 g/mol. The van der Waals surface area contributed by atoms with Gasteiger partial charge in [-0.2, -0.15) is 4.31 Å². The number of ether oxygens (including phenoxy) is 1. The number of likely N-dealkylation sites (N-methyl/N-ethyl adjacent to an activating group) is 1. The number of rotatable bonds is 7. The molecule has 116 valence electrons. The van der Waals surface area contributed by atoms with Crippen LogP contribution in [0.15, 0.2) is 29.2 Å². The van der Waals surface area contributed by atoms with Gasteiger partial charge in [0, 0.05) is 26.8 Å². The first-order valence-electron chi connectivity index (χ1n) is 5.95. The maximum Gasteiger partial charge on any atom is 0.328 e. The Morgan fingerprint density at radius 3 is 2.67 bits per heavy atom. The predicted molar refractivity (Wildman–Crippen MR) is 74.8 cm³/mol. The van der Waals surface area contributed by atoms with Crippen LogP contribution in [0.25, 0.3) is 6.08 Å². The molecule has 0 aliphatic heterocycles. The van der Waals surface area contributed by atoms with Crippen LogP contribution in [-0.4, -0.2) is 51.1 Å². The molecule has 0 saturated heterocycles. The van der Waals surface area contributed by atoms with E-state index in [0.717, 1.165) is 22.5 Å². The number of benzene rings is 1. The summed E-state index contributed by atoms with van der Waals surface area (Å²) in [6.45, 7) is 0.287. The summed E-state index contributed by atoms with van der Waals surface area (Å²) in [5, 5.41) is 8.49. The van der Waals surface area contributed by atoms with Crippen LogP contribution in [0, 0.1) is 5.82 Å². The van der Waals surface area contributed by atoms with Crippen LogP contribution in [0.5, 0.6) is 0 Å². The van der Waals surface area contributed by atoms with Crippen molar-refractivity contribution in [1.29, 1.82) is 0 Å². The molecule has 0 aliphatic carbocycles. The quantitative estimate of drug-likeness (QED) is 0.764. The van der Waals surface area contributed by atoms with Crippen LogP contribution in [0.2, 0.25) is 0 Å².